The molecule has 0 saturated heterocycles. The first-order valence-corrected chi connectivity index (χ1v) is 20.7. The van der Waals surface area contributed by atoms with Gasteiger partial charge in [-0.25, -0.2) is 0 Å². The van der Waals surface area contributed by atoms with Gasteiger partial charge in [-0.15, -0.1) is 0 Å². The van der Waals surface area contributed by atoms with Gasteiger partial charge in [-0.05, 0) is 94.4 Å². The van der Waals surface area contributed by atoms with Gasteiger partial charge < -0.3 is 13.9 Å². The molecule has 0 atom stereocenters. The van der Waals surface area contributed by atoms with Crippen LogP contribution >= 0.6 is 0 Å². The molecule has 4 heteroatoms. The maximum Gasteiger partial charge on any atom is 0.161 e. The highest BCUT2D eigenvalue weighted by Gasteiger charge is 2.20. The number of benzene rings is 9. The molecule has 0 amide bonds. The van der Waals surface area contributed by atoms with Gasteiger partial charge >= 0.3 is 0 Å². The molecular weight excluding hydrogens is 743 g/mol. The summed E-state index contributed by atoms with van der Waals surface area (Å²) in [5.74, 6) is 0. The molecule has 0 aliphatic heterocycles. The van der Waals surface area contributed by atoms with Crippen molar-refractivity contribution >= 4 is 71.6 Å². The quantitative estimate of drug-likeness (QED) is 0.162. The molecule has 0 aliphatic carbocycles. The zero-order valence-corrected chi connectivity index (χ0v) is 33.1. The van der Waals surface area contributed by atoms with Crippen molar-refractivity contribution in [3.8, 4) is 39.2 Å². The predicted molar refractivity (Wildman–Crippen MR) is 254 cm³/mol. The second-order valence-corrected chi connectivity index (χ2v) is 15.5. The molecule has 3 heterocycles. The number of rotatable bonds is 7. The van der Waals surface area contributed by atoms with Gasteiger partial charge in [0.25, 0.3) is 0 Å². The summed E-state index contributed by atoms with van der Waals surface area (Å²) in [4.78, 5) is 7.21. The highest BCUT2D eigenvalue weighted by molar-refractivity contribution is 6.10. The average molecular weight is 780 g/mol. The second-order valence-electron chi connectivity index (χ2n) is 15.5. The van der Waals surface area contributed by atoms with Crippen LogP contribution < -0.4 is 4.90 Å². The van der Waals surface area contributed by atoms with Crippen LogP contribution in [0.1, 0.15) is 0 Å². The molecular formula is C57H37N3O. The van der Waals surface area contributed by atoms with Crippen LogP contribution in [-0.2, 0) is 0 Å². The van der Waals surface area contributed by atoms with E-state index in [-0.39, 0.29) is 0 Å². The minimum atomic E-state index is 0.799. The van der Waals surface area contributed by atoms with Gasteiger partial charge in [-0.2, -0.15) is 0 Å². The van der Waals surface area contributed by atoms with Crippen LogP contribution in [0.4, 0.5) is 17.1 Å². The van der Waals surface area contributed by atoms with Gasteiger partial charge in [0.05, 0.1) is 16.7 Å². The van der Waals surface area contributed by atoms with E-state index >= 15 is 0 Å². The van der Waals surface area contributed by atoms with E-state index in [1.807, 2.05) is 30.5 Å². The number of hydrogen-bond donors (Lipinski definition) is 0. The third kappa shape index (κ3) is 5.80. The number of hydrogen-bond acceptors (Lipinski definition) is 3. The third-order valence-electron chi connectivity index (χ3n) is 12.1. The van der Waals surface area contributed by atoms with E-state index in [0.717, 1.165) is 67.1 Å². The van der Waals surface area contributed by atoms with Gasteiger partial charge in [0, 0.05) is 55.8 Å². The lowest BCUT2D eigenvalue weighted by Crippen LogP contribution is -2.11. The fourth-order valence-corrected chi connectivity index (χ4v) is 9.23. The lowest BCUT2D eigenvalue weighted by atomic mass is 9.96. The minimum Gasteiger partial charge on any atom is -0.454 e. The summed E-state index contributed by atoms with van der Waals surface area (Å²) < 4.78 is 8.76. The van der Waals surface area contributed by atoms with E-state index < -0.39 is 0 Å². The van der Waals surface area contributed by atoms with Crippen molar-refractivity contribution in [2.75, 3.05) is 4.90 Å². The van der Waals surface area contributed by atoms with E-state index in [0.29, 0.717) is 0 Å². The molecule has 286 valence electrons. The highest BCUT2D eigenvalue weighted by atomic mass is 16.3. The Hall–Kier alpha value is -8.21. The van der Waals surface area contributed by atoms with E-state index in [4.69, 9.17) is 9.40 Å². The second kappa shape index (κ2) is 14.3. The van der Waals surface area contributed by atoms with E-state index in [1.54, 1.807) is 0 Å². The normalized spacial score (nSPS) is 11.6. The Bertz CT molecular complexity index is 3530. The topological polar surface area (TPSA) is 34.2 Å². The summed E-state index contributed by atoms with van der Waals surface area (Å²) in [6.07, 6.45) is 1.88. The Morgan fingerprint density at radius 2 is 1.02 bits per heavy atom. The number of anilines is 3. The molecule has 12 aromatic rings. The van der Waals surface area contributed by atoms with E-state index in [1.165, 1.54) is 43.7 Å². The van der Waals surface area contributed by atoms with Crippen LogP contribution in [-0.4, -0.2) is 9.55 Å². The van der Waals surface area contributed by atoms with Gasteiger partial charge in [-0.1, -0.05) is 152 Å². The summed E-state index contributed by atoms with van der Waals surface area (Å²) in [5.41, 5.74) is 14.9. The summed E-state index contributed by atoms with van der Waals surface area (Å²) in [6.45, 7) is 0. The predicted octanol–water partition coefficient (Wildman–Crippen LogP) is 15.7. The molecule has 61 heavy (non-hydrogen) atoms. The number of fused-ring (bicyclic) bond motifs is 7. The standard InChI is InChI=1S/C57H37N3O/c1-2-13-39(14-3-1)45-33-34-54(47-18-5-4-17-46(45)47)59(42-31-27-40(28-32-42)56-57-51(35-36-58-56)50-21-8-11-24-55(50)61-57)44-16-12-15-41(37-44)38-25-29-43(30-26-38)60-52-22-9-6-19-48(52)49-20-7-10-23-53(49)60/h1-37H. The number of pyridine rings is 1. The van der Waals surface area contributed by atoms with Crippen molar-refractivity contribution in [1.82, 2.24) is 9.55 Å². The van der Waals surface area contributed by atoms with Crippen molar-refractivity contribution in [1.29, 1.82) is 0 Å². The van der Waals surface area contributed by atoms with Crippen LogP contribution in [0, 0.1) is 0 Å². The van der Waals surface area contributed by atoms with Crippen molar-refractivity contribution in [3.05, 3.63) is 225 Å². The van der Waals surface area contributed by atoms with Crippen LogP contribution in [0.25, 0.3) is 93.7 Å². The number of furan rings is 1. The molecule has 0 spiro atoms. The molecule has 9 aromatic carbocycles. The van der Waals surface area contributed by atoms with E-state index in [9.17, 15) is 0 Å². The largest absolute Gasteiger partial charge is 0.454 e. The highest BCUT2D eigenvalue weighted by Crippen LogP contribution is 2.44. The van der Waals surface area contributed by atoms with Crippen LogP contribution in [0.2, 0.25) is 0 Å². The minimum absolute atomic E-state index is 0.799. The summed E-state index contributed by atoms with van der Waals surface area (Å²) in [6, 6.07) is 78.0. The maximum atomic E-state index is 6.40. The Balaban J connectivity index is 0.984. The number of para-hydroxylation sites is 3. The van der Waals surface area contributed by atoms with Crippen LogP contribution in [0.15, 0.2) is 229 Å². The maximum absolute atomic E-state index is 6.40. The lowest BCUT2D eigenvalue weighted by Gasteiger charge is -2.28. The Morgan fingerprint density at radius 1 is 0.393 bits per heavy atom. The number of nitrogens with zero attached hydrogens (tertiary/aromatic N) is 3. The van der Waals surface area contributed by atoms with Crippen molar-refractivity contribution < 1.29 is 4.42 Å². The summed E-state index contributed by atoms with van der Waals surface area (Å²) in [5, 5.41) is 7.05. The monoisotopic (exact) mass is 779 g/mol. The first kappa shape index (κ1) is 34.8. The summed E-state index contributed by atoms with van der Waals surface area (Å²) in [7, 11) is 0. The van der Waals surface area contributed by atoms with Gasteiger partial charge in [0.2, 0.25) is 0 Å². The van der Waals surface area contributed by atoms with Crippen LogP contribution in [0.5, 0.6) is 0 Å². The molecule has 0 aliphatic rings. The first-order valence-electron chi connectivity index (χ1n) is 20.7. The zero-order chi connectivity index (χ0) is 40.3. The Morgan fingerprint density at radius 3 is 1.77 bits per heavy atom. The molecule has 0 unspecified atom stereocenters. The van der Waals surface area contributed by atoms with Crippen LogP contribution in [0.3, 0.4) is 0 Å². The summed E-state index contributed by atoms with van der Waals surface area (Å²) >= 11 is 0. The smallest absolute Gasteiger partial charge is 0.161 e. The Labute approximate surface area is 352 Å². The molecule has 3 aromatic heterocycles. The molecule has 12 rings (SSSR count). The molecule has 4 nitrogen and oxygen atoms in total. The molecule has 0 fully saturated rings. The third-order valence-corrected chi connectivity index (χ3v) is 12.1. The van der Waals surface area contributed by atoms with E-state index in [2.05, 4.69) is 204 Å². The van der Waals surface area contributed by atoms with Gasteiger partial charge in [-0.3, -0.25) is 4.98 Å². The number of aromatic nitrogens is 2. The SMILES string of the molecule is c1ccc(-c2ccc(N(c3ccc(-c4nccc5c4oc4ccccc45)cc3)c3cccc(-c4ccc(-n5c6ccccc6c6ccccc65)cc4)c3)c3ccccc23)cc1. The van der Waals surface area contributed by atoms with Gasteiger partial charge in [0.15, 0.2) is 5.58 Å². The Kier molecular flexibility index (Phi) is 8.13. The molecule has 0 radical (unpaired) electrons. The fourth-order valence-electron chi connectivity index (χ4n) is 9.23. The fraction of sp³-hybridized carbons (Fsp3) is 0. The van der Waals surface area contributed by atoms with Gasteiger partial charge in [0.1, 0.15) is 11.3 Å². The van der Waals surface area contributed by atoms with Crippen molar-refractivity contribution in [2.24, 2.45) is 0 Å². The molecule has 0 bridgehead atoms. The lowest BCUT2D eigenvalue weighted by molar-refractivity contribution is 0.668. The van der Waals surface area contributed by atoms with Crippen molar-refractivity contribution in [3.63, 3.8) is 0 Å². The average Bonchev–Trinajstić information content (AvgIpc) is 3.89. The van der Waals surface area contributed by atoms with Crippen molar-refractivity contribution in [2.45, 2.75) is 0 Å². The first-order chi connectivity index (χ1) is 30.3. The molecule has 0 N–H and O–H groups in total. The molecule has 0 saturated carbocycles. The zero-order valence-electron chi connectivity index (χ0n) is 33.1.